The number of methoxy groups -OCH3 is 2. The molecule has 3 atom stereocenters. The van der Waals surface area contributed by atoms with E-state index in [1.54, 1.807) is 31.3 Å². The number of sulfonamides is 1. The van der Waals surface area contributed by atoms with E-state index in [9.17, 15) is 13.2 Å². The van der Waals surface area contributed by atoms with Crippen molar-refractivity contribution < 1.29 is 32.2 Å². The molecule has 0 spiro atoms. The molecule has 0 radical (unpaired) electrons. The Hall–Kier alpha value is -2.82. The van der Waals surface area contributed by atoms with Crippen LogP contribution in [0.15, 0.2) is 48.5 Å². The lowest BCUT2D eigenvalue weighted by Crippen LogP contribution is -2.42. The molecule has 0 aliphatic carbocycles. The number of benzene rings is 2. The molecule has 9 nitrogen and oxygen atoms in total. The Morgan fingerprint density at radius 2 is 1.72 bits per heavy atom. The lowest BCUT2D eigenvalue weighted by atomic mass is 9.81. The van der Waals surface area contributed by atoms with Gasteiger partial charge in [0.15, 0.2) is 11.5 Å². The first kappa shape index (κ1) is 34.7. The van der Waals surface area contributed by atoms with Crippen LogP contribution in [0.1, 0.15) is 58.6 Å². The number of nitrogens with one attached hydrogen (secondary N) is 1. The highest BCUT2D eigenvalue weighted by Crippen LogP contribution is 2.34. The SMILES string of the molecule is COCCCOc1cc(C[C@@H](C[C@@H]2CN(C(=O)OC(C)(C)C)C[C@H]2NS(=O)(=O)Cc2ccccc2)C(C)C)ccc1OC. The maximum Gasteiger partial charge on any atom is 0.410 e. The summed E-state index contributed by atoms with van der Waals surface area (Å²) in [6.07, 6.45) is 1.87. The first-order valence-electron chi connectivity index (χ1n) is 15.1. The Morgan fingerprint density at radius 3 is 2.35 bits per heavy atom. The molecule has 1 aliphatic rings. The number of hydrogen-bond acceptors (Lipinski definition) is 7. The summed E-state index contributed by atoms with van der Waals surface area (Å²) in [6, 6.07) is 14.7. The third kappa shape index (κ3) is 11.3. The summed E-state index contributed by atoms with van der Waals surface area (Å²) in [4.78, 5) is 14.7. The predicted molar refractivity (Wildman–Crippen MR) is 169 cm³/mol. The number of nitrogens with zero attached hydrogens (tertiary/aromatic N) is 1. The highest BCUT2D eigenvalue weighted by Gasteiger charge is 2.40. The molecule has 0 bridgehead atoms. The molecule has 10 heteroatoms. The summed E-state index contributed by atoms with van der Waals surface area (Å²) in [5.41, 5.74) is 1.19. The molecule has 0 saturated carbocycles. The Kier molecular flexibility index (Phi) is 12.7. The average Bonchev–Trinajstić information content (AvgIpc) is 3.31. The van der Waals surface area contributed by atoms with Gasteiger partial charge in [0.1, 0.15) is 5.60 Å². The van der Waals surface area contributed by atoms with E-state index >= 15 is 0 Å². The van der Waals surface area contributed by atoms with Gasteiger partial charge in [-0.3, -0.25) is 0 Å². The molecule has 1 amide bonds. The molecular formula is C33H50N2O7S. The van der Waals surface area contributed by atoms with Crippen LogP contribution >= 0.6 is 0 Å². The minimum Gasteiger partial charge on any atom is -0.493 e. The number of ether oxygens (including phenoxy) is 4. The third-order valence-corrected chi connectivity index (χ3v) is 9.02. The van der Waals surface area contributed by atoms with Crippen LogP contribution in [-0.4, -0.2) is 71.6 Å². The fraction of sp³-hybridized carbons (Fsp3) is 0.606. The zero-order valence-corrected chi connectivity index (χ0v) is 27.6. The number of carbonyl (C=O) groups is 1. The standard InChI is InChI=1S/C33H50N2O7S/c1-24(2)27(18-26-14-15-30(40-7)31(19-26)41-17-11-16-39-6)20-28-21-35(32(36)42-33(3,4)5)22-29(28)34-43(37,38)23-25-12-9-8-10-13-25/h8-10,12-15,19,24,27-29,34H,11,16-18,20-23H2,1-7H3/t27-,28+,29+/m0/s1. The number of carbonyl (C=O) groups excluding carboxylic acids is 1. The average molecular weight is 619 g/mol. The van der Waals surface area contributed by atoms with Crippen molar-refractivity contribution in [1.82, 2.24) is 9.62 Å². The van der Waals surface area contributed by atoms with Gasteiger partial charge in [0.2, 0.25) is 10.0 Å². The van der Waals surface area contributed by atoms with Crippen LogP contribution in [0.2, 0.25) is 0 Å². The summed E-state index contributed by atoms with van der Waals surface area (Å²) in [5, 5.41) is 0. The lowest BCUT2D eigenvalue weighted by Gasteiger charge is -2.28. The molecule has 240 valence electrons. The van der Waals surface area contributed by atoms with Crippen LogP contribution in [-0.2, 0) is 31.7 Å². The lowest BCUT2D eigenvalue weighted by molar-refractivity contribution is 0.0284. The minimum absolute atomic E-state index is 0.0755. The molecule has 1 N–H and O–H groups in total. The second-order valence-electron chi connectivity index (χ2n) is 12.7. The van der Waals surface area contributed by atoms with E-state index in [0.717, 1.165) is 24.8 Å². The van der Waals surface area contributed by atoms with Crippen molar-refractivity contribution in [2.24, 2.45) is 17.8 Å². The monoisotopic (exact) mass is 618 g/mol. The van der Waals surface area contributed by atoms with E-state index in [4.69, 9.17) is 18.9 Å². The predicted octanol–water partition coefficient (Wildman–Crippen LogP) is 5.67. The van der Waals surface area contributed by atoms with Crippen LogP contribution in [0.5, 0.6) is 11.5 Å². The Bertz CT molecular complexity index is 1260. The van der Waals surface area contributed by atoms with Crippen molar-refractivity contribution in [3.05, 3.63) is 59.7 Å². The van der Waals surface area contributed by atoms with Crippen LogP contribution in [0.3, 0.4) is 0 Å². The van der Waals surface area contributed by atoms with E-state index < -0.39 is 27.8 Å². The smallest absolute Gasteiger partial charge is 0.410 e. The number of amides is 1. The molecule has 2 aromatic rings. The molecule has 1 aliphatic heterocycles. The van der Waals surface area contributed by atoms with E-state index in [-0.39, 0.29) is 24.1 Å². The maximum absolute atomic E-state index is 13.3. The van der Waals surface area contributed by atoms with Crippen molar-refractivity contribution in [1.29, 1.82) is 0 Å². The van der Waals surface area contributed by atoms with Gasteiger partial charge in [0, 0.05) is 39.3 Å². The summed E-state index contributed by atoms with van der Waals surface area (Å²) in [7, 11) is -0.347. The second kappa shape index (κ2) is 15.8. The molecule has 1 heterocycles. The van der Waals surface area contributed by atoms with Crippen LogP contribution < -0.4 is 14.2 Å². The summed E-state index contributed by atoms with van der Waals surface area (Å²) in [6.45, 7) is 11.7. The van der Waals surface area contributed by atoms with Crippen LogP contribution in [0, 0.1) is 17.8 Å². The number of rotatable bonds is 15. The zero-order valence-electron chi connectivity index (χ0n) is 26.8. The summed E-state index contributed by atoms with van der Waals surface area (Å²) in [5.74, 6) is 1.75. The minimum atomic E-state index is -3.64. The zero-order chi connectivity index (χ0) is 31.6. The molecular weight excluding hydrogens is 568 g/mol. The molecule has 43 heavy (non-hydrogen) atoms. The first-order chi connectivity index (χ1) is 20.3. The fourth-order valence-electron chi connectivity index (χ4n) is 5.41. The topological polar surface area (TPSA) is 103 Å². The highest BCUT2D eigenvalue weighted by molar-refractivity contribution is 7.88. The van der Waals surface area contributed by atoms with E-state index in [2.05, 4.69) is 24.6 Å². The van der Waals surface area contributed by atoms with Gasteiger partial charge in [-0.05, 0) is 74.6 Å². The van der Waals surface area contributed by atoms with Gasteiger partial charge < -0.3 is 23.8 Å². The molecule has 2 aromatic carbocycles. The number of hydrogen-bond donors (Lipinski definition) is 1. The number of likely N-dealkylation sites (tertiary alicyclic amines) is 1. The van der Waals surface area contributed by atoms with Gasteiger partial charge in [-0.25, -0.2) is 17.9 Å². The highest BCUT2D eigenvalue weighted by atomic mass is 32.2. The Balaban J connectivity index is 1.79. The van der Waals surface area contributed by atoms with Crippen molar-refractivity contribution in [3.8, 4) is 11.5 Å². The molecule has 1 saturated heterocycles. The van der Waals surface area contributed by atoms with Crippen molar-refractivity contribution in [3.63, 3.8) is 0 Å². The third-order valence-electron chi connectivity index (χ3n) is 7.65. The van der Waals surface area contributed by atoms with Crippen molar-refractivity contribution in [2.75, 3.05) is 40.5 Å². The van der Waals surface area contributed by atoms with E-state index in [1.807, 2.05) is 51.1 Å². The fourth-order valence-corrected chi connectivity index (χ4v) is 6.86. The van der Waals surface area contributed by atoms with Crippen molar-refractivity contribution >= 4 is 16.1 Å². The molecule has 1 fully saturated rings. The van der Waals surface area contributed by atoms with Gasteiger partial charge in [-0.2, -0.15) is 0 Å². The van der Waals surface area contributed by atoms with E-state index in [1.165, 1.54) is 0 Å². The summed E-state index contributed by atoms with van der Waals surface area (Å²) >= 11 is 0. The van der Waals surface area contributed by atoms with Gasteiger partial charge in [-0.15, -0.1) is 0 Å². The van der Waals surface area contributed by atoms with Gasteiger partial charge in [-0.1, -0.05) is 50.2 Å². The van der Waals surface area contributed by atoms with Gasteiger partial charge in [0.05, 0.1) is 19.5 Å². The Labute approximate surface area is 258 Å². The van der Waals surface area contributed by atoms with Gasteiger partial charge in [0.25, 0.3) is 0 Å². The normalized spacial score (nSPS) is 18.1. The first-order valence-corrected chi connectivity index (χ1v) is 16.8. The van der Waals surface area contributed by atoms with Crippen LogP contribution in [0.25, 0.3) is 0 Å². The Morgan fingerprint density at radius 1 is 1.00 bits per heavy atom. The van der Waals surface area contributed by atoms with Crippen molar-refractivity contribution in [2.45, 2.75) is 71.3 Å². The van der Waals surface area contributed by atoms with Crippen LogP contribution in [0.4, 0.5) is 4.79 Å². The molecule has 0 aromatic heterocycles. The second-order valence-corrected chi connectivity index (χ2v) is 14.5. The van der Waals surface area contributed by atoms with E-state index in [0.29, 0.717) is 42.7 Å². The van der Waals surface area contributed by atoms with Gasteiger partial charge >= 0.3 is 6.09 Å². The molecule has 3 rings (SSSR count). The largest absolute Gasteiger partial charge is 0.493 e. The molecule has 0 unspecified atom stereocenters. The summed E-state index contributed by atoms with van der Waals surface area (Å²) < 4.78 is 51.8. The quantitative estimate of drug-likeness (QED) is 0.257. The maximum atomic E-state index is 13.3.